The second-order valence-corrected chi connectivity index (χ2v) is 8.75. The van der Waals surface area contributed by atoms with Crippen molar-refractivity contribution >= 4 is 29.1 Å². The fourth-order valence-corrected chi connectivity index (χ4v) is 4.24. The lowest BCUT2D eigenvalue weighted by Crippen LogP contribution is -2.47. The van der Waals surface area contributed by atoms with Crippen molar-refractivity contribution < 1.29 is 19.1 Å². The molecule has 3 amide bonds. The Morgan fingerprint density at radius 3 is 2.38 bits per heavy atom. The number of amides is 3. The second kappa shape index (κ2) is 9.30. The van der Waals surface area contributed by atoms with Gasteiger partial charge in [0.15, 0.2) is 5.75 Å². The van der Waals surface area contributed by atoms with Gasteiger partial charge >= 0.3 is 0 Å². The van der Waals surface area contributed by atoms with Crippen LogP contribution in [0.4, 0.5) is 11.4 Å². The highest BCUT2D eigenvalue weighted by atomic mass is 16.5. The molecule has 1 aromatic carbocycles. The summed E-state index contributed by atoms with van der Waals surface area (Å²) in [4.78, 5) is 46.2. The van der Waals surface area contributed by atoms with Gasteiger partial charge < -0.3 is 30.9 Å². The number of hydrogen-bond donors (Lipinski definition) is 3. The SMILES string of the molecule is CNC(=O)c1cnc(C2(C(N)=O)CC2)cc1Nc1cccc(C(=O)N2CCN(C)CC2)c1OC. The zero-order valence-electron chi connectivity index (χ0n) is 19.7. The monoisotopic (exact) mass is 466 g/mol. The zero-order chi connectivity index (χ0) is 24.5. The van der Waals surface area contributed by atoms with Crippen LogP contribution in [0.2, 0.25) is 0 Å². The fraction of sp³-hybridized carbons (Fsp3) is 0.417. The molecule has 4 N–H and O–H groups in total. The Kier molecular flexibility index (Phi) is 6.43. The molecular formula is C24H30N6O4. The molecule has 0 bridgehead atoms. The highest BCUT2D eigenvalue weighted by Crippen LogP contribution is 2.48. The van der Waals surface area contributed by atoms with Crippen LogP contribution in [0.1, 0.15) is 39.3 Å². The third kappa shape index (κ3) is 4.28. The van der Waals surface area contributed by atoms with Gasteiger partial charge in [-0.05, 0) is 38.1 Å². The number of primary amides is 1. The topological polar surface area (TPSA) is 130 Å². The molecule has 180 valence electrons. The molecule has 2 aliphatic rings. The molecule has 0 radical (unpaired) electrons. The van der Waals surface area contributed by atoms with Gasteiger partial charge in [0.05, 0.1) is 40.7 Å². The van der Waals surface area contributed by atoms with Crippen molar-refractivity contribution in [2.45, 2.75) is 18.3 Å². The van der Waals surface area contributed by atoms with Gasteiger partial charge in [-0.2, -0.15) is 0 Å². The summed E-state index contributed by atoms with van der Waals surface area (Å²) in [5.41, 5.74) is 7.03. The van der Waals surface area contributed by atoms with Crippen LogP contribution in [-0.2, 0) is 10.2 Å². The number of nitrogens with zero attached hydrogens (tertiary/aromatic N) is 3. The molecule has 1 aromatic heterocycles. The lowest BCUT2D eigenvalue weighted by molar-refractivity contribution is -0.120. The molecule has 1 aliphatic carbocycles. The first-order valence-electron chi connectivity index (χ1n) is 11.2. The van der Waals surface area contributed by atoms with Gasteiger partial charge in [-0.15, -0.1) is 0 Å². The van der Waals surface area contributed by atoms with E-state index in [1.54, 1.807) is 24.3 Å². The fourth-order valence-electron chi connectivity index (χ4n) is 4.24. The van der Waals surface area contributed by atoms with Crippen molar-refractivity contribution in [2.75, 3.05) is 52.7 Å². The number of pyridine rings is 1. The lowest BCUT2D eigenvalue weighted by atomic mass is 9.99. The predicted molar refractivity (Wildman–Crippen MR) is 127 cm³/mol. The Morgan fingerprint density at radius 1 is 1.09 bits per heavy atom. The van der Waals surface area contributed by atoms with Crippen LogP contribution >= 0.6 is 0 Å². The van der Waals surface area contributed by atoms with Crippen molar-refractivity contribution in [3.8, 4) is 5.75 Å². The number of benzene rings is 1. The van der Waals surface area contributed by atoms with E-state index in [9.17, 15) is 14.4 Å². The number of nitrogens with one attached hydrogen (secondary N) is 2. The maximum atomic E-state index is 13.3. The van der Waals surface area contributed by atoms with Crippen molar-refractivity contribution in [3.63, 3.8) is 0 Å². The Bertz CT molecular complexity index is 1120. The molecule has 1 aliphatic heterocycles. The van der Waals surface area contributed by atoms with Crippen LogP contribution < -0.4 is 21.1 Å². The summed E-state index contributed by atoms with van der Waals surface area (Å²) in [6, 6.07) is 6.95. The van der Waals surface area contributed by atoms with Crippen molar-refractivity contribution in [2.24, 2.45) is 5.73 Å². The summed E-state index contributed by atoms with van der Waals surface area (Å²) < 4.78 is 5.65. The number of hydrogen-bond acceptors (Lipinski definition) is 7. The molecule has 4 rings (SSSR count). The third-order valence-electron chi connectivity index (χ3n) is 6.60. The smallest absolute Gasteiger partial charge is 0.257 e. The minimum atomic E-state index is -0.805. The number of ether oxygens (including phenoxy) is 1. The van der Waals surface area contributed by atoms with Gasteiger partial charge in [-0.25, -0.2) is 0 Å². The summed E-state index contributed by atoms with van der Waals surface area (Å²) in [6.45, 7) is 2.89. The molecule has 2 fully saturated rings. The first-order chi connectivity index (χ1) is 16.3. The van der Waals surface area contributed by atoms with E-state index in [2.05, 4.69) is 20.5 Å². The maximum Gasteiger partial charge on any atom is 0.257 e. The number of para-hydroxylation sites is 1. The van der Waals surface area contributed by atoms with Crippen LogP contribution in [0.15, 0.2) is 30.5 Å². The normalized spacial score (nSPS) is 17.1. The Labute approximate surface area is 198 Å². The Hall–Kier alpha value is -3.66. The molecule has 10 heteroatoms. The van der Waals surface area contributed by atoms with E-state index in [0.717, 1.165) is 13.1 Å². The molecule has 10 nitrogen and oxygen atoms in total. The predicted octanol–water partition coefficient (Wildman–Crippen LogP) is 1.10. The Balaban J connectivity index is 1.70. The molecular weight excluding hydrogens is 436 g/mol. The van der Waals surface area contributed by atoms with Crippen molar-refractivity contribution in [1.29, 1.82) is 0 Å². The number of rotatable bonds is 7. The Morgan fingerprint density at radius 2 is 1.79 bits per heavy atom. The number of likely N-dealkylation sites (N-methyl/N-ethyl adjacent to an activating group) is 1. The molecule has 1 saturated heterocycles. The van der Waals surface area contributed by atoms with Gasteiger partial charge in [0.2, 0.25) is 5.91 Å². The first kappa shape index (κ1) is 23.5. The van der Waals surface area contributed by atoms with Crippen LogP contribution in [0.5, 0.6) is 5.75 Å². The summed E-state index contributed by atoms with van der Waals surface area (Å²) in [5.74, 6) is -0.505. The van der Waals surface area contributed by atoms with E-state index in [4.69, 9.17) is 10.5 Å². The summed E-state index contributed by atoms with van der Waals surface area (Å²) >= 11 is 0. The number of carbonyl (C=O) groups is 3. The van der Waals surface area contributed by atoms with E-state index in [1.807, 2.05) is 11.9 Å². The van der Waals surface area contributed by atoms with E-state index >= 15 is 0 Å². The maximum absolute atomic E-state index is 13.3. The van der Waals surface area contributed by atoms with E-state index in [1.165, 1.54) is 20.4 Å². The molecule has 0 unspecified atom stereocenters. The molecule has 1 saturated carbocycles. The molecule has 34 heavy (non-hydrogen) atoms. The van der Waals surface area contributed by atoms with Gasteiger partial charge in [-0.3, -0.25) is 19.4 Å². The van der Waals surface area contributed by atoms with E-state index in [-0.39, 0.29) is 11.8 Å². The van der Waals surface area contributed by atoms with Crippen molar-refractivity contribution in [3.05, 3.63) is 47.3 Å². The lowest BCUT2D eigenvalue weighted by Gasteiger charge is -2.32. The second-order valence-electron chi connectivity index (χ2n) is 8.75. The third-order valence-corrected chi connectivity index (χ3v) is 6.60. The molecule has 0 atom stereocenters. The number of nitrogens with two attached hydrogens (primary N) is 1. The molecule has 2 aromatic rings. The average molecular weight is 467 g/mol. The minimum Gasteiger partial charge on any atom is -0.494 e. The number of anilines is 2. The van der Waals surface area contributed by atoms with Crippen LogP contribution in [-0.4, -0.2) is 79.9 Å². The van der Waals surface area contributed by atoms with E-state index in [0.29, 0.717) is 59.9 Å². The van der Waals surface area contributed by atoms with Gasteiger partial charge in [-0.1, -0.05) is 6.07 Å². The van der Waals surface area contributed by atoms with Gasteiger partial charge in [0.1, 0.15) is 0 Å². The highest BCUT2D eigenvalue weighted by Gasteiger charge is 2.51. The molecule has 2 heterocycles. The average Bonchev–Trinajstić information content (AvgIpc) is 3.66. The minimum absolute atomic E-state index is 0.110. The number of carbonyl (C=O) groups excluding carboxylic acids is 3. The van der Waals surface area contributed by atoms with Crippen LogP contribution in [0.3, 0.4) is 0 Å². The quantitative estimate of drug-likeness (QED) is 0.557. The first-order valence-corrected chi connectivity index (χ1v) is 11.2. The van der Waals surface area contributed by atoms with Gasteiger partial charge in [0, 0.05) is 39.4 Å². The van der Waals surface area contributed by atoms with Crippen LogP contribution in [0.25, 0.3) is 0 Å². The molecule has 0 spiro atoms. The zero-order valence-corrected chi connectivity index (χ0v) is 19.7. The number of aromatic nitrogens is 1. The van der Waals surface area contributed by atoms with Crippen molar-refractivity contribution in [1.82, 2.24) is 20.1 Å². The summed E-state index contributed by atoms with van der Waals surface area (Å²) in [5, 5.41) is 5.84. The largest absolute Gasteiger partial charge is 0.494 e. The van der Waals surface area contributed by atoms with Gasteiger partial charge in [0.25, 0.3) is 11.8 Å². The summed E-state index contributed by atoms with van der Waals surface area (Å²) in [7, 11) is 5.07. The number of piperazine rings is 1. The number of methoxy groups -OCH3 is 1. The standard InChI is InChI=1S/C24H30N6O4/c1-26-21(31)16-14-27-19(24(7-8-24)23(25)33)13-18(16)28-17-6-4-5-15(20(17)34-3)22(32)30-11-9-29(2)10-12-30/h4-6,13-14H,7-12H2,1-3H3,(H2,25,33)(H,26,31)(H,27,28). The van der Waals surface area contributed by atoms with E-state index < -0.39 is 11.3 Å². The highest BCUT2D eigenvalue weighted by molar-refractivity contribution is 6.02. The summed E-state index contributed by atoms with van der Waals surface area (Å²) in [6.07, 6.45) is 2.67. The van der Waals surface area contributed by atoms with Crippen LogP contribution in [0, 0.1) is 0 Å².